The highest BCUT2D eigenvalue weighted by atomic mass is 16.7. The SMILES string of the molecule is N/C(=N/N=C/c1ccc(-c2cccc([N+](=O)[O-])c2)o1)N[N+](=O)[O-]. The number of rotatable bonds is 5. The summed E-state index contributed by atoms with van der Waals surface area (Å²) < 4.78 is 5.43. The maximum atomic E-state index is 10.7. The molecule has 1 aromatic heterocycles. The first-order chi connectivity index (χ1) is 11.0. The molecule has 0 unspecified atom stereocenters. The summed E-state index contributed by atoms with van der Waals surface area (Å²) in [7, 11) is 0. The van der Waals surface area contributed by atoms with Crippen molar-refractivity contribution in [2.24, 2.45) is 15.9 Å². The second-order valence-corrected chi connectivity index (χ2v) is 4.11. The van der Waals surface area contributed by atoms with Crippen molar-refractivity contribution in [3.05, 3.63) is 62.4 Å². The van der Waals surface area contributed by atoms with E-state index in [1.54, 1.807) is 23.6 Å². The van der Waals surface area contributed by atoms with Gasteiger partial charge in [0.1, 0.15) is 11.5 Å². The van der Waals surface area contributed by atoms with Gasteiger partial charge in [0, 0.05) is 17.7 Å². The van der Waals surface area contributed by atoms with Crippen LogP contribution in [0.1, 0.15) is 5.76 Å². The van der Waals surface area contributed by atoms with Crippen LogP contribution in [-0.2, 0) is 0 Å². The van der Waals surface area contributed by atoms with E-state index in [0.717, 1.165) is 0 Å². The summed E-state index contributed by atoms with van der Waals surface area (Å²) in [4.78, 5) is 20.3. The van der Waals surface area contributed by atoms with E-state index in [2.05, 4.69) is 10.2 Å². The standard InChI is InChI=1S/C12H10N6O5/c13-12(16-18(21)22)15-14-7-10-4-5-11(23-10)8-2-1-3-9(6-8)17(19)20/h1-7H,(H3,13,15,16)/b14-7+. The summed E-state index contributed by atoms with van der Waals surface area (Å²) in [5, 5.41) is 26.8. The van der Waals surface area contributed by atoms with Crippen LogP contribution in [0.3, 0.4) is 0 Å². The van der Waals surface area contributed by atoms with Crippen molar-refractivity contribution in [1.29, 1.82) is 0 Å². The minimum atomic E-state index is -0.873. The fourth-order valence-corrected chi connectivity index (χ4v) is 1.61. The quantitative estimate of drug-likeness (QED) is 0.363. The Bertz CT molecular complexity index is 797. The highest BCUT2D eigenvalue weighted by Crippen LogP contribution is 2.25. The molecule has 0 atom stereocenters. The number of hydrazine groups is 1. The highest BCUT2D eigenvalue weighted by Gasteiger charge is 2.09. The fourth-order valence-electron chi connectivity index (χ4n) is 1.61. The Kier molecular flexibility index (Phi) is 4.62. The van der Waals surface area contributed by atoms with E-state index in [4.69, 9.17) is 10.2 Å². The molecule has 0 aliphatic carbocycles. The molecule has 0 saturated carbocycles. The Morgan fingerprint density at radius 1 is 1.26 bits per heavy atom. The third-order valence-corrected chi connectivity index (χ3v) is 2.52. The molecule has 2 rings (SSSR count). The normalized spacial score (nSPS) is 11.6. The number of hydrogen-bond donors (Lipinski definition) is 2. The molecule has 1 aromatic carbocycles. The zero-order chi connectivity index (χ0) is 16.8. The van der Waals surface area contributed by atoms with Gasteiger partial charge in [0.15, 0.2) is 5.03 Å². The summed E-state index contributed by atoms with van der Waals surface area (Å²) >= 11 is 0. The molecule has 0 spiro atoms. The Morgan fingerprint density at radius 2 is 2.04 bits per heavy atom. The Balaban J connectivity index is 2.13. The number of nitrogens with one attached hydrogen (secondary N) is 1. The van der Waals surface area contributed by atoms with Gasteiger partial charge < -0.3 is 10.2 Å². The van der Waals surface area contributed by atoms with E-state index in [0.29, 0.717) is 17.1 Å². The number of hydrogen-bond acceptors (Lipinski definition) is 7. The number of nitro groups is 2. The van der Waals surface area contributed by atoms with E-state index < -0.39 is 15.9 Å². The molecule has 118 valence electrons. The van der Waals surface area contributed by atoms with Crippen molar-refractivity contribution in [1.82, 2.24) is 5.43 Å². The van der Waals surface area contributed by atoms with Gasteiger partial charge in [-0.1, -0.05) is 17.6 Å². The first-order valence-electron chi connectivity index (χ1n) is 6.08. The minimum Gasteiger partial charge on any atom is -0.455 e. The summed E-state index contributed by atoms with van der Waals surface area (Å²) in [6.45, 7) is 0. The van der Waals surface area contributed by atoms with Crippen LogP contribution in [0.4, 0.5) is 5.69 Å². The van der Waals surface area contributed by atoms with Crippen LogP contribution in [0.25, 0.3) is 11.3 Å². The molecule has 11 heteroatoms. The molecule has 0 bridgehead atoms. The van der Waals surface area contributed by atoms with Gasteiger partial charge in [-0.3, -0.25) is 10.1 Å². The first-order valence-corrected chi connectivity index (χ1v) is 6.08. The Labute approximate surface area is 128 Å². The molecular formula is C12H10N6O5. The van der Waals surface area contributed by atoms with E-state index in [-0.39, 0.29) is 5.69 Å². The second-order valence-electron chi connectivity index (χ2n) is 4.11. The van der Waals surface area contributed by atoms with Crippen molar-refractivity contribution in [3.8, 4) is 11.3 Å². The monoisotopic (exact) mass is 318 g/mol. The molecule has 23 heavy (non-hydrogen) atoms. The van der Waals surface area contributed by atoms with Crippen LogP contribution < -0.4 is 11.2 Å². The van der Waals surface area contributed by atoms with Gasteiger partial charge >= 0.3 is 0 Å². The predicted molar refractivity (Wildman–Crippen MR) is 80.1 cm³/mol. The molecular weight excluding hydrogens is 308 g/mol. The van der Waals surface area contributed by atoms with Gasteiger partial charge in [-0.25, -0.2) is 10.1 Å². The third kappa shape index (κ3) is 4.35. The molecule has 2 aromatic rings. The summed E-state index contributed by atoms with van der Waals surface area (Å²) in [6.07, 6.45) is 1.19. The molecule has 1 heterocycles. The molecule has 0 radical (unpaired) electrons. The average Bonchev–Trinajstić information content (AvgIpc) is 2.95. The number of guanidine groups is 1. The number of benzene rings is 1. The fraction of sp³-hybridized carbons (Fsp3) is 0. The zero-order valence-corrected chi connectivity index (χ0v) is 11.4. The lowest BCUT2D eigenvalue weighted by Gasteiger charge is -1.96. The molecule has 0 aliphatic heterocycles. The van der Waals surface area contributed by atoms with E-state index in [1.807, 2.05) is 0 Å². The van der Waals surface area contributed by atoms with Crippen molar-refractivity contribution in [2.75, 3.05) is 0 Å². The molecule has 0 fully saturated rings. The highest BCUT2D eigenvalue weighted by molar-refractivity contribution is 5.80. The van der Waals surface area contributed by atoms with Crippen LogP contribution in [0.2, 0.25) is 0 Å². The van der Waals surface area contributed by atoms with Crippen molar-refractivity contribution >= 4 is 17.9 Å². The van der Waals surface area contributed by atoms with Gasteiger partial charge in [-0.05, 0) is 12.1 Å². The van der Waals surface area contributed by atoms with Gasteiger partial charge in [-0.2, -0.15) is 5.10 Å². The maximum Gasteiger partial charge on any atom is 0.275 e. The topological polar surface area (TPSA) is 162 Å². The summed E-state index contributed by atoms with van der Waals surface area (Å²) in [6, 6.07) is 9.10. The summed E-state index contributed by atoms with van der Waals surface area (Å²) in [5.74, 6) is 0.205. The number of furan rings is 1. The Hall–Kier alpha value is -3.76. The second kappa shape index (κ2) is 6.80. The molecule has 0 amide bonds. The van der Waals surface area contributed by atoms with Crippen LogP contribution in [0.15, 0.2) is 51.0 Å². The van der Waals surface area contributed by atoms with Crippen molar-refractivity contribution in [3.63, 3.8) is 0 Å². The number of non-ortho nitro benzene ring substituents is 1. The van der Waals surface area contributed by atoms with E-state index >= 15 is 0 Å². The number of nitrogens with zero attached hydrogens (tertiary/aromatic N) is 4. The van der Waals surface area contributed by atoms with Crippen LogP contribution >= 0.6 is 0 Å². The van der Waals surface area contributed by atoms with Crippen molar-refractivity contribution in [2.45, 2.75) is 0 Å². The van der Waals surface area contributed by atoms with Gasteiger partial charge in [-0.15, -0.1) is 5.10 Å². The molecule has 11 nitrogen and oxygen atoms in total. The first kappa shape index (κ1) is 15.6. The van der Waals surface area contributed by atoms with E-state index in [9.17, 15) is 20.2 Å². The van der Waals surface area contributed by atoms with Crippen LogP contribution in [0, 0.1) is 20.2 Å². The summed E-state index contributed by atoms with van der Waals surface area (Å²) in [5.41, 5.74) is 7.25. The molecule has 0 aliphatic rings. The minimum absolute atomic E-state index is 0.0580. The van der Waals surface area contributed by atoms with Gasteiger partial charge in [0.05, 0.1) is 11.1 Å². The molecule has 0 saturated heterocycles. The van der Waals surface area contributed by atoms with Gasteiger partial charge in [0.25, 0.3) is 11.6 Å². The lowest BCUT2D eigenvalue weighted by Crippen LogP contribution is -2.35. The van der Waals surface area contributed by atoms with Crippen LogP contribution in [0.5, 0.6) is 0 Å². The lowest BCUT2D eigenvalue weighted by atomic mass is 10.1. The van der Waals surface area contributed by atoms with Gasteiger partial charge in [0.2, 0.25) is 0 Å². The maximum absolute atomic E-state index is 10.7. The van der Waals surface area contributed by atoms with E-state index in [1.165, 1.54) is 24.4 Å². The largest absolute Gasteiger partial charge is 0.455 e. The van der Waals surface area contributed by atoms with Crippen LogP contribution in [-0.4, -0.2) is 22.1 Å². The smallest absolute Gasteiger partial charge is 0.275 e. The average molecular weight is 318 g/mol. The Morgan fingerprint density at radius 3 is 2.74 bits per heavy atom. The third-order valence-electron chi connectivity index (χ3n) is 2.52. The number of nitro benzene ring substituents is 1. The molecule has 3 N–H and O–H groups in total. The number of nitrogens with two attached hydrogens (primary N) is 1. The zero-order valence-electron chi connectivity index (χ0n) is 11.4. The lowest BCUT2D eigenvalue weighted by molar-refractivity contribution is -0.525. The van der Waals surface area contributed by atoms with Crippen molar-refractivity contribution < 1.29 is 14.4 Å². The predicted octanol–water partition coefficient (Wildman–Crippen LogP) is 1.28.